The first-order valence-electron chi connectivity index (χ1n) is 6.90. The van der Waals surface area contributed by atoms with Gasteiger partial charge in [-0.1, -0.05) is 20.8 Å². The molecule has 4 heteroatoms. The number of rotatable bonds is 4. The third-order valence-electron chi connectivity index (χ3n) is 3.56. The molecule has 2 N–H and O–H groups in total. The topological polar surface area (TPSA) is 38.5 Å². The highest BCUT2D eigenvalue weighted by molar-refractivity contribution is 5.70. The molecule has 2 rings (SSSR count). The van der Waals surface area contributed by atoms with Crippen molar-refractivity contribution < 1.29 is 9.13 Å². The molecule has 0 aromatic heterocycles. The maximum Gasteiger partial charge on any atom is 0.167 e. The summed E-state index contributed by atoms with van der Waals surface area (Å²) in [4.78, 5) is 2.22. The number of hydrogen-bond acceptors (Lipinski definition) is 3. The summed E-state index contributed by atoms with van der Waals surface area (Å²) in [5.74, 6) is -0.0797. The van der Waals surface area contributed by atoms with Gasteiger partial charge in [-0.05, 0) is 18.3 Å². The summed E-state index contributed by atoms with van der Waals surface area (Å²) < 4.78 is 19.2. The van der Waals surface area contributed by atoms with Crippen LogP contribution in [-0.2, 0) is 0 Å². The zero-order chi connectivity index (χ0) is 14.0. The van der Waals surface area contributed by atoms with Crippen LogP contribution >= 0.6 is 0 Å². The van der Waals surface area contributed by atoms with Gasteiger partial charge in [0.1, 0.15) is 0 Å². The van der Waals surface area contributed by atoms with Crippen LogP contribution in [0.1, 0.15) is 33.6 Å². The van der Waals surface area contributed by atoms with E-state index in [2.05, 4.69) is 18.7 Å². The number of anilines is 2. The van der Waals surface area contributed by atoms with Gasteiger partial charge in [0.05, 0.1) is 18.0 Å². The Morgan fingerprint density at radius 3 is 2.74 bits per heavy atom. The van der Waals surface area contributed by atoms with Crippen LogP contribution in [0.25, 0.3) is 0 Å². The van der Waals surface area contributed by atoms with E-state index in [4.69, 9.17) is 10.5 Å². The Bertz CT molecular complexity index is 460. The molecule has 3 nitrogen and oxygen atoms in total. The summed E-state index contributed by atoms with van der Waals surface area (Å²) in [5, 5.41) is 0. The van der Waals surface area contributed by atoms with Crippen molar-refractivity contribution >= 4 is 11.4 Å². The van der Waals surface area contributed by atoms with E-state index in [1.165, 1.54) is 6.07 Å². The van der Waals surface area contributed by atoms with Crippen LogP contribution in [0.5, 0.6) is 5.75 Å². The van der Waals surface area contributed by atoms with Crippen molar-refractivity contribution in [2.45, 2.75) is 33.6 Å². The van der Waals surface area contributed by atoms with Gasteiger partial charge in [0.15, 0.2) is 11.6 Å². The van der Waals surface area contributed by atoms with Crippen LogP contribution in [-0.4, -0.2) is 19.7 Å². The molecule has 0 atom stereocenters. The average molecular weight is 266 g/mol. The minimum absolute atomic E-state index is 0.283. The second-order valence-corrected chi connectivity index (χ2v) is 6.03. The first-order valence-corrected chi connectivity index (χ1v) is 6.90. The summed E-state index contributed by atoms with van der Waals surface area (Å²) in [6, 6.07) is 3.10. The molecule has 1 fully saturated rings. The van der Waals surface area contributed by atoms with Crippen molar-refractivity contribution in [1.82, 2.24) is 0 Å². The molecule has 1 aromatic rings. The zero-order valence-electron chi connectivity index (χ0n) is 12.0. The van der Waals surface area contributed by atoms with E-state index in [0.717, 1.165) is 31.6 Å². The average Bonchev–Trinajstić information content (AvgIpc) is 2.68. The zero-order valence-corrected chi connectivity index (χ0v) is 12.0. The van der Waals surface area contributed by atoms with Crippen LogP contribution in [0, 0.1) is 11.2 Å². The number of nitrogens with zero attached hydrogens (tertiary/aromatic N) is 1. The fourth-order valence-corrected chi connectivity index (χ4v) is 2.47. The van der Waals surface area contributed by atoms with Gasteiger partial charge in [-0.2, -0.15) is 0 Å². The van der Waals surface area contributed by atoms with Crippen molar-refractivity contribution in [3.63, 3.8) is 0 Å². The normalized spacial score (nSPS) is 17.8. The van der Waals surface area contributed by atoms with Crippen molar-refractivity contribution in [2.75, 3.05) is 30.3 Å². The molecule has 0 saturated carbocycles. The Balaban J connectivity index is 2.25. The third-order valence-corrected chi connectivity index (χ3v) is 3.56. The second kappa shape index (κ2) is 5.27. The van der Waals surface area contributed by atoms with E-state index in [1.807, 2.05) is 6.92 Å². The lowest BCUT2D eigenvalue weighted by molar-refractivity contribution is 0.301. The number of benzene rings is 1. The highest BCUT2D eigenvalue weighted by Gasteiger charge is 2.30. The minimum Gasteiger partial charge on any atom is -0.490 e. The maximum absolute atomic E-state index is 13.8. The summed E-state index contributed by atoms with van der Waals surface area (Å²) >= 11 is 0. The van der Waals surface area contributed by atoms with Crippen molar-refractivity contribution in [3.05, 3.63) is 17.9 Å². The lowest BCUT2D eigenvalue weighted by atomic mass is 9.93. The van der Waals surface area contributed by atoms with Crippen LogP contribution in [0.3, 0.4) is 0 Å². The Hall–Kier alpha value is -1.45. The molecule has 106 valence electrons. The van der Waals surface area contributed by atoms with Gasteiger partial charge < -0.3 is 15.4 Å². The largest absolute Gasteiger partial charge is 0.490 e. The first kappa shape index (κ1) is 14.0. The predicted octanol–water partition coefficient (Wildman–Crippen LogP) is 3.43. The van der Waals surface area contributed by atoms with Crippen molar-refractivity contribution in [1.29, 1.82) is 0 Å². The van der Waals surface area contributed by atoms with E-state index in [0.29, 0.717) is 18.0 Å². The summed E-state index contributed by atoms with van der Waals surface area (Å²) in [7, 11) is 0. The Morgan fingerprint density at radius 1 is 1.42 bits per heavy atom. The Kier molecular flexibility index (Phi) is 3.88. The third kappa shape index (κ3) is 3.11. The van der Waals surface area contributed by atoms with Gasteiger partial charge >= 0.3 is 0 Å². The first-order chi connectivity index (χ1) is 8.93. The van der Waals surface area contributed by atoms with Crippen LogP contribution in [0.2, 0.25) is 0 Å². The van der Waals surface area contributed by atoms with Gasteiger partial charge in [0.2, 0.25) is 0 Å². The van der Waals surface area contributed by atoms with E-state index in [9.17, 15) is 4.39 Å². The fraction of sp³-hybridized carbons (Fsp3) is 0.600. The van der Waals surface area contributed by atoms with Crippen molar-refractivity contribution in [2.24, 2.45) is 5.41 Å². The molecule has 1 heterocycles. The molecule has 0 aliphatic carbocycles. The van der Waals surface area contributed by atoms with Gasteiger partial charge in [-0.25, -0.2) is 4.39 Å². The molecule has 0 radical (unpaired) electrons. The van der Waals surface area contributed by atoms with Gasteiger partial charge in [0, 0.05) is 25.2 Å². The van der Waals surface area contributed by atoms with Gasteiger partial charge in [-0.3, -0.25) is 0 Å². The van der Waals surface area contributed by atoms with Crippen LogP contribution < -0.4 is 15.4 Å². The molecule has 1 aromatic carbocycles. The monoisotopic (exact) mass is 266 g/mol. The number of halogens is 1. The van der Waals surface area contributed by atoms with E-state index in [1.54, 1.807) is 6.07 Å². The Morgan fingerprint density at radius 2 is 2.16 bits per heavy atom. The molecule has 1 aliphatic heterocycles. The number of nitrogens with two attached hydrogens (primary N) is 1. The van der Waals surface area contributed by atoms with Crippen molar-refractivity contribution in [3.8, 4) is 5.75 Å². The summed E-state index contributed by atoms with van der Waals surface area (Å²) in [5.41, 5.74) is 7.61. The van der Waals surface area contributed by atoms with Crippen LogP contribution in [0.15, 0.2) is 12.1 Å². The number of nitrogen functional groups attached to an aromatic ring is 1. The molecule has 0 amide bonds. The molecular weight excluding hydrogens is 243 g/mol. The smallest absolute Gasteiger partial charge is 0.167 e. The van der Waals surface area contributed by atoms with Crippen LogP contribution in [0.4, 0.5) is 15.8 Å². The SMILES string of the molecule is CCCOc1cc(N2CCC(C)(C)C2)c(N)cc1F. The standard InChI is InChI=1S/C15H23FN2O/c1-4-7-19-14-9-13(12(17)8-11(14)16)18-6-5-15(2,3)10-18/h8-9H,4-7,10,17H2,1-3H3. The molecule has 1 aliphatic rings. The summed E-state index contributed by atoms with van der Waals surface area (Å²) in [6.45, 7) is 8.89. The van der Waals surface area contributed by atoms with E-state index in [-0.39, 0.29) is 11.2 Å². The number of ether oxygens (including phenoxy) is 1. The lowest BCUT2D eigenvalue weighted by Crippen LogP contribution is -2.23. The fourth-order valence-electron chi connectivity index (χ4n) is 2.47. The molecule has 19 heavy (non-hydrogen) atoms. The Labute approximate surface area is 114 Å². The number of hydrogen-bond donors (Lipinski definition) is 1. The molecular formula is C15H23FN2O. The molecule has 0 spiro atoms. The second-order valence-electron chi connectivity index (χ2n) is 6.03. The molecule has 0 unspecified atom stereocenters. The van der Waals surface area contributed by atoms with E-state index < -0.39 is 0 Å². The summed E-state index contributed by atoms with van der Waals surface area (Å²) in [6.07, 6.45) is 1.98. The lowest BCUT2D eigenvalue weighted by Gasteiger charge is -2.23. The quantitative estimate of drug-likeness (QED) is 0.848. The van der Waals surface area contributed by atoms with Gasteiger partial charge in [-0.15, -0.1) is 0 Å². The minimum atomic E-state index is -0.381. The van der Waals surface area contributed by atoms with E-state index >= 15 is 0 Å². The molecule has 1 saturated heterocycles. The van der Waals surface area contributed by atoms with Gasteiger partial charge in [0.25, 0.3) is 0 Å². The highest BCUT2D eigenvalue weighted by Crippen LogP contribution is 2.37. The maximum atomic E-state index is 13.8. The predicted molar refractivity (Wildman–Crippen MR) is 77.2 cm³/mol. The molecule has 0 bridgehead atoms. The highest BCUT2D eigenvalue weighted by atomic mass is 19.1.